The highest BCUT2D eigenvalue weighted by Crippen LogP contribution is 2.30. The molecule has 0 bridgehead atoms. The molecule has 1 saturated heterocycles. The number of anilines is 1. The maximum atomic E-state index is 13.6. The van der Waals surface area contributed by atoms with Gasteiger partial charge in [-0.15, -0.1) is 0 Å². The summed E-state index contributed by atoms with van der Waals surface area (Å²) in [6.45, 7) is 0.358. The Bertz CT molecular complexity index is 976. The number of nitrogens with zero attached hydrogens (tertiary/aromatic N) is 1. The zero-order valence-corrected chi connectivity index (χ0v) is 17.6. The molecule has 0 spiro atoms. The van der Waals surface area contributed by atoms with E-state index in [2.05, 4.69) is 21.2 Å². The summed E-state index contributed by atoms with van der Waals surface area (Å²) in [5, 5.41) is 2.86. The minimum Gasteiger partial charge on any atom is -0.495 e. The smallest absolute Gasteiger partial charge is 0.246 e. The van der Waals surface area contributed by atoms with Crippen molar-refractivity contribution in [2.45, 2.75) is 17.7 Å². The van der Waals surface area contributed by atoms with Crippen LogP contribution in [0.25, 0.3) is 0 Å². The molecule has 1 fully saturated rings. The van der Waals surface area contributed by atoms with E-state index < -0.39 is 15.8 Å². The van der Waals surface area contributed by atoms with Crippen LogP contribution in [0.1, 0.15) is 12.8 Å². The Balaban J connectivity index is 1.68. The van der Waals surface area contributed by atoms with E-state index in [0.717, 1.165) is 16.6 Å². The van der Waals surface area contributed by atoms with Crippen LogP contribution in [0, 0.1) is 11.7 Å². The Kier molecular flexibility index (Phi) is 6.36. The van der Waals surface area contributed by atoms with Gasteiger partial charge in [0.1, 0.15) is 16.5 Å². The van der Waals surface area contributed by atoms with Gasteiger partial charge in [-0.3, -0.25) is 4.79 Å². The number of methoxy groups -OCH3 is 1. The van der Waals surface area contributed by atoms with E-state index in [9.17, 15) is 17.6 Å². The molecule has 1 aliphatic rings. The van der Waals surface area contributed by atoms with Crippen LogP contribution < -0.4 is 10.1 Å². The summed E-state index contributed by atoms with van der Waals surface area (Å²) in [5.74, 6) is -0.989. The Morgan fingerprint density at radius 3 is 2.57 bits per heavy atom. The summed E-state index contributed by atoms with van der Waals surface area (Å²) in [6.07, 6.45) is 0.771. The molecule has 2 aromatic rings. The predicted molar refractivity (Wildman–Crippen MR) is 107 cm³/mol. The van der Waals surface area contributed by atoms with Gasteiger partial charge >= 0.3 is 0 Å². The highest BCUT2D eigenvalue weighted by molar-refractivity contribution is 9.10. The molecule has 1 aliphatic heterocycles. The zero-order valence-electron chi connectivity index (χ0n) is 15.2. The average molecular weight is 471 g/mol. The van der Waals surface area contributed by atoms with Crippen molar-refractivity contribution in [3.05, 3.63) is 52.8 Å². The van der Waals surface area contributed by atoms with Gasteiger partial charge < -0.3 is 10.1 Å². The van der Waals surface area contributed by atoms with E-state index in [4.69, 9.17) is 4.74 Å². The topological polar surface area (TPSA) is 75.7 Å². The van der Waals surface area contributed by atoms with Gasteiger partial charge in [0.05, 0.1) is 7.11 Å². The first-order valence-electron chi connectivity index (χ1n) is 8.71. The summed E-state index contributed by atoms with van der Waals surface area (Å²) in [7, 11) is -2.57. The van der Waals surface area contributed by atoms with Crippen LogP contribution in [0.3, 0.4) is 0 Å². The van der Waals surface area contributed by atoms with Crippen LogP contribution in [0.15, 0.2) is 51.8 Å². The van der Waals surface area contributed by atoms with Crippen LogP contribution in [0.2, 0.25) is 0 Å². The lowest BCUT2D eigenvalue weighted by Gasteiger charge is -2.30. The van der Waals surface area contributed by atoms with Crippen LogP contribution >= 0.6 is 15.9 Å². The monoisotopic (exact) mass is 470 g/mol. The molecule has 3 rings (SSSR count). The van der Waals surface area contributed by atoms with Gasteiger partial charge in [0, 0.05) is 29.2 Å². The molecule has 9 heteroatoms. The van der Waals surface area contributed by atoms with Crippen molar-refractivity contribution >= 4 is 37.5 Å². The molecule has 150 valence electrons. The first kappa shape index (κ1) is 20.8. The van der Waals surface area contributed by atoms with Crippen molar-refractivity contribution in [1.29, 1.82) is 0 Å². The molecule has 0 atom stereocenters. The number of carbonyl (C=O) groups excluding carboxylic acids is 1. The number of ether oxygens (including phenoxy) is 1. The summed E-state index contributed by atoms with van der Waals surface area (Å²) < 4.78 is 46.6. The van der Waals surface area contributed by atoms with E-state index in [0.29, 0.717) is 18.5 Å². The maximum Gasteiger partial charge on any atom is 0.246 e. The lowest BCUT2D eigenvalue weighted by atomic mass is 9.97. The quantitative estimate of drug-likeness (QED) is 0.723. The van der Waals surface area contributed by atoms with Crippen molar-refractivity contribution < 1.29 is 22.3 Å². The third-order valence-corrected chi connectivity index (χ3v) is 7.07. The molecule has 0 unspecified atom stereocenters. The number of hydrogen-bond donors (Lipinski definition) is 1. The van der Waals surface area contributed by atoms with Gasteiger partial charge in [0.2, 0.25) is 15.9 Å². The molecular formula is C19H20BrFN2O4S. The van der Waals surface area contributed by atoms with Gasteiger partial charge in [0.25, 0.3) is 0 Å². The van der Waals surface area contributed by atoms with Crippen molar-refractivity contribution in [2.75, 3.05) is 25.5 Å². The number of rotatable bonds is 5. The second-order valence-electron chi connectivity index (χ2n) is 6.47. The van der Waals surface area contributed by atoms with Gasteiger partial charge in [0.15, 0.2) is 0 Å². The number of nitrogens with one attached hydrogen (secondary N) is 1. The molecule has 6 nitrogen and oxygen atoms in total. The van der Waals surface area contributed by atoms with Gasteiger partial charge in [-0.25, -0.2) is 12.8 Å². The fraction of sp³-hybridized carbons (Fsp3) is 0.316. The molecule has 0 aliphatic carbocycles. The van der Waals surface area contributed by atoms with E-state index in [-0.39, 0.29) is 35.6 Å². The Morgan fingerprint density at radius 2 is 1.93 bits per heavy atom. The van der Waals surface area contributed by atoms with Crippen LogP contribution in [0.4, 0.5) is 10.1 Å². The lowest BCUT2D eigenvalue weighted by Crippen LogP contribution is -2.41. The van der Waals surface area contributed by atoms with E-state index >= 15 is 0 Å². The molecule has 28 heavy (non-hydrogen) atoms. The lowest BCUT2D eigenvalue weighted by molar-refractivity contribution is -0.120. The summed E-state index contributed by atoms with van der Waals surface area (Å²) >= 11 is 3.36. The fourth-order valence-corrected chi connectivity index (χ4v) is 5.20. The van der Waals surface area contributed by atoms with Gasteiger partial charge in [-0.05, 0) is 49.2 Å². The largest absolute Gasteiger partial charge is 0.495 e. The molecule has 1 N–H and O–H groups in total. The number of hydrogen-bond acceptors (Lipinski definition) is 4. The van der Waals surface area contributed by atoms with E-state index in [1.807, 2.05) is 12.1 Å². The molecular weight excluding hydrogens is 451 g/mol. The standard InChI is InChI=1S/C19H20BrFN2O4S/c1-27-17-6-5-15(21)12-18(17)28(25,26)23-9-7-13(8-10-23)19(24)22-16-4-2-3-14(20)11-16/h2-6,11-13H,7-10H2,1H3,(H,22,24). The second-order valence-corrected chi connectivity index (χ2v) is 9.30. The molecule has 1 amide bonds. The molecule has 0 aromatic heterocycles. The first-order chi connectivity index (χ1) is 13.3. The highest BCUT2D eigenvalue weighted by Gasteiger charge is 2.34. The van der Waals surface area contributed by atoms with Crippen molar-refractivity contribution in [3.63, 3.8) is 0 Å². The van der Waals surface area contributed by atoms with Crippen molar-refractivity contribution in [2.24, 2.45) is 5.92 Å². The molecule has 2 aromatic carbocycles. The zero-order chi connectivity index (χ0) is 20.3. The molecule has 0 radical (unpaired) electrons. The normalized spacial score (nSPS) is 16.0. The molecule has 0 saturated carbocycles. The number of benzene rings is 2. The minimum atomic E-state index is -3.91. The third-order valence-electron chi connectivity index (χ3n) is 4.66. The van der Waals surface area contributed by atoms with Crippen LogP contribution in [-0.2, 0) is 14.8 Å². The fourth-order valence-electron chi connectivity index (χ4n) is 3.16. The number of amides is 1. The second kappa shape index (κ2) is 8.59. The van der Waals surface area contributed by atoms with Gasteiger partial charge in [-0.2, -0.15) is 4.31 Å². The predicted octanol–water partition coefficient (Wildman–Crippen LogP) is 3.64. The minimum absolute atomic E-state index is 0.0934. The number of sulfonamides is 1. The number of halogens is 2. The SMILES string of the molecule is COc1ccc(F)cc1S(=O)(=O)N1CCC(C(=O)Nc2cccc(Br)c2)CC1. The number of piperidine rings is 1. The summed E-state index contributed by atoms with van der Waals surface area (Å²) in [6, 6.07) is 10.7. The maximum absolute atomic E-state index is 13.6. The van der Waals surface area contributed by atoms with Gasteiger partial charge in [-0.1, -0.05) is 22.0 Å². The van der Waals surface area contributed by atoms with E-state index in [1.165, 1.54) is 17.5 Å². The number of carbonyl (C=O) groups is 1. The Morgan fingerprint density at radius 1 is 1.21 bits per heavy atom. The van der Waals surface area contributed by atoms with Crippen LogP contribution in [0.5, 0.6) is 5.75 Å². The third kappa shape index (κ3) is 4.53. The highest BCUT2D eigenvalue weighted by atomic mass is 79.9. The van der Waals surface area contributed by atoms with Crippen molar-refractivity contribution in [1.82, 2.24) is 4.31 Å². The van der Waals surface area contributed by atoms with Crippen molar-refractivity contribution in [3.8, 4) is 5.75 Å². The summed E-state index contributed by atoms with van der Waals surface area (Å²) in [5.41, 5.74) is 0.680. The van der Waals surface area contributed by atoms with E-state index in [1.54, 1.807) is 12.1 Å². The first-order valence-corrected chi connectivity index (χ1v) is 10.9. The Labute approximate surface area is 171 Å². The summed E-state index contributed by atoms with van der Waals surface area (Å²) in [4.78, 5) is 12.3. The average Bonchev–Trinajstić information content (AvgIpc) is 2.68. The Hall–Kier alpha value is -1.97. The van der Waals surface area contributed by atoms with Crippen LogP contribution in [-0.4, -0.2) is 38.8 Å². The molecule has 1 heterocycles.